The summed E-state index contributed by atoms with van der Waals surface area (Å²) < 4.78 is 0. The molecule has 4 amide bonds. The number of nitrogens with one attached hydrogen (secondary N) is 2. The molecule has 0 spiro atoms. The summed E-state index contributed by atoms with van der Waals surface area (Å²) in [7, 11) is 1.65. The third-order valence-corrected chi connectivity index (χ3v) is 7.82. The van der Waals surface area contributed by atoms with E-state index in [1.165, 1.54) is 9.80 Å². The van der Waals surface area contributed by atoms with Gasteiger partial charge >= 0.3 is 6.03 Å². The molecule has 0 saturated carbocycles. The van der Waals surface area contributed by atoms with Crippen molar-refractivity contribution in [3.63, 3.8) is 0 Å². The molecule has 9 nitrogen and oxygen atoms in total. The molecule has 10 heteroatoms. The van der Waals surface area contributed by atoms with Gasteiger partial charge in [-0.15, -0.1) is 11.3 Å². The van der Waals surface area contributed by atoms with Crippen molar-refractivity contribution in [2.24, 2.45) is 5.41 Å². The van der Waals surface area contributed by atoms with Crippen molar-refractivity contribution in [3.05, 3.63) is 41.0 Å². The first kappa shape index (κ1) is 28.6. The number of benzene rings is 1. The SMILES string of the molecule is CCN(C)C(=O)NC(C(=O)N1CC(O)CC1C(=O)NC(C)c1ccc(-c2scnc2C)cc1)C(C)(C)C. The molecule has 4 unspecified atom stereocenters. The summed E-state index contributed by atoms with van der Waals surface area (Å²) in [5.41, 5.74) is 4.21. The molecule has 1 aromatic heterocycles. The topological polar surface area (TPSA) is 115 Å². The molecule has 3 rings (SSSR count). The highest BCUT2D eigenvalue weighted by atomic mass is 32.1. The van der Waals surface area contributed by atoms with Gasteiger partial charge in [-0.2, -0.15) is 0 Å². The van der Waals surface area contributed by atoms with E-state index in [4.69, 9.17) is 0 Å². The molecule has 202 valence electrons. The average Bonchev–Trinajstić information content (AvgIpc) is 3.46. The van der Waals surface area contributed by atoms with Crippen molar-refractivity contribution in [1.82, 2.24) is 25.4 Å². The highest BCUT2D eigenvalue weighted by molar-refractivity contribution is 7.13. The number of hydrogen-bond acceptors (Lipinski definition) is 6. The number of hydrogen-bond donors (Lipinski definition) is 3. The van der Waals surface area contributed by atoms with E-state index in [-0.39, 0.29) is 36.9 Å². The molecule has 0 aliphatic carbocycles. The average molecular weight is 530 g/mol. The Bertz CT molecular complexity index is 1110. The number of amides is 4. The number of aliphatic hydroxyl groups is 1. The Kier molecular flexibility index (Phi) is 8.96. The van der Waals surface area contributed by atoms with Crippen molar-refractivity contribution >= 4 is 29.2 Å². The van der Waals surface area contributed by atoms with Gasteiger partial charge in [-0.05, 0) is 37.3 Å². The van der Waals surface area contributed by atoms with Crippen LogP contribution in [0, 0.1) is 12.3 Å². The lowest BCUT2D eigenvalue weighted by atomic mass is 9.85. The van der Waals surface area contributed by atoms with Gasteiger partial charge in [-0.1, -0.05) is 45.0 Å². The number of carbonyl (C=O) groups excluding carboxylic acids is 3. The second-order valence-corrected chi connectivity index (χ2v) is 11.6. The standard InChI is InChI=1S/C27H39N5O4S/c1-8-31(7)26(36)30-23(27(4,5)6)25(35)32-14-20(33)13-21(32)24(34)29-16(2)18-9-11-19(12-10-18)22-17(3)28-15-37-22/h9-12,15-16,20-21,23,33H,8,13-14H2,1-7H3,(H,29,34)(H,30,36). The van der Waals surface area contributed by atoms with Gasteiger partial charge in [-0.3, -0.25) is 9.59 Å². The molecular weight excluding hydrogens is 490 g/mol. The highest BCUT2D eigenvalue weighted by Gasteiger charge is 2.44. The van der Waals surface area contributed by atoms with E-state index in [0.717, 1.165) is 21.7 Å². The van der Waals surface area contributed by atoms with Gasteiger partial charge in [0.05, 0.1) is 28.2 Å². The van der Waals surface area contributed by atoms with E-state index >= 15 is 0 Å². The minimum absolute atomic E-state index is 0.0419. The smallest absolute Gasteiger partial charge is 0.317 e. The maximum atomic E-state index is 13.6. The van der Waals surface area contributed by atoms with E-state index in [2.05, 4.69) is 15.6 Å². The van der Waals surface area contributed by atoms with Crippen molar-refractivity contribution in [1.29, 1.82) is 0 Å². The maximum Gasteiger partial charge on any atom is 0.317 e. The zero-order valence-electron chi connectivity index (χ0n) is 22.7. The first-order valence-electron chi connectivity index (χ1n) is 12.6. The zero-order valence-corrected chi connectivity index (χ0v) is 23.6. The summed E-state index contributed by atoms with van der Waals surface area (Å²) in [6, 6.07) is 5.64. The van der Waals surface area contributed by atoms with Gasteiger partial charge in [0.25, 0.3) is 0 Å². The number of carbonyl (C=O) groups is 3. The number of aryl methyl sites for hydroxylation is 1. The fraction of sp³-hybridized carbons (Fsp3) is 0.556. The lowest BCUT2D eigenvalue weighted by Gasteiger charge is -2.36. The monoisotopic (exact) mass is 529 g/mol. The summed E-state index contributed by atoms with van der Waals surface area (Å²) in [5.74, 6) is -0.705. The first-order chi connectivity index (χ1) is 17.3. The molecule has 1 aromatic carbocycles. The van der Waals surface area contributed by atoms with E-state index in [1.54, 1.807) is 18.4 Å². The van der Waals surface area contributed by atoms with Gasteiger partial charge < -0.3 is 25.5 Å². The Morgan fingerprint density at radius 1 is 1.22 bits per heavy atom. The predicted octanol–water partition coefficient (Wildman–Crippen LogP) is 3.33. The summed E-state index contributed by atoms with van der Waals surface area (Å²) >= 11 is 1.59. The van der Waals surface area contributed by atoms with Crippen LogP contribution in [0.4, 0.5) is 4.79 Å². The molecule has 1 aliphatic heterocycles. The lowest BCUT2D eigenvalue weighted by molar-refractivity contribution is -0.142. The van der Waals surface area contributed by atoms with Gasteiger partial charge in [0.15, 0.2) is 0 Å². The van der Waals surface area contributed by atoms with Crippen molar-refractivity contribution in [3.8, 4) is 10.4 Å². The quantitative estimate of drug-likeness (QED) is 0.509. The Balaban J connectivity index is 1.73. The fourth-order valence-corrected chi connectivity index (χ4v) is 5.20. The van der Waals surface area contributed by atoms with Crippen LogP contribution in [0.5, 0.6) is 0 Å². The Morgan fingerprint density at radius 2 is 1.86 bits per heavy atom. The minimum Gasteiger partial charge on any atom is -0.391 e. The van der Waals surface area contributed by atoms with Crippen LogP contribution in [-0.2, 0) is 9.59 Å². The van der Waals surface area contributed by atoms with Crippen LogP contribution < -0.4 is 10.6 Å². The third kappa shape index (κ3) is 6.67. The van der Waals surface area contributed by atoms with Crippen molar-refractivity contribution < 1.29 is 19.5 Å². The number of aliphatic hydroxyl groups excluding tert-OH is 1. The summed E-state index contributed by atoms with van der Waals surface area (Å²) in [4.78, 5) is 47.8. The number of thiazole rings is 1. The number of rotatable bonds is 7. The number of nitrogens with zero attached hydrogens (tertiary/aromatic N) is 3. The molecule has 1 aliphatic rings. The summed E-state index contributed by atoms with van der Waals surface area (Å²) in [6.07, 6.45) is -0.667. The molecule has 2 heterocycles. The molecule has 3 N–H and O–H groups in total. The van der Waals surface area contributed by atoms with Gasteiger partial charge in [0.2, 0.25) is 11.8 Å². The normalized spacial score (nSPS) is 19.3. The molecular formula is C27H39N5O4S. The fourth-order valence-electron chi connectivity index (χ4n) is 4.39. The second kappa shape index (κ2) is 11.6. The van der Waals surface area contributed by atoms with Gasteiger partial charge in [0.1, 0.15) is 12.1 Å². The van der Waals surface area contributed by atoms with E-state index < -0.39 is 23.6 Å². The molecule has 4 atom stereocenters. The maximum absolute atomic E-state index is 13.6. The number of β-amino-alcohol motifs (C(OH)–C–C–N with tert-alkyl or cyclic N) is 1. The summed E-state index contributed by atoms with van der Waals surface area (Å²) in [5, 5.41) is 16.2. The molecule has 2 aromatic rings. The zero-order chi connectivity index (χ0) is 27.5. The van der Waals surface area contributed by atoms with Crippen LogP contribution in [0.1, 0.15) is 58.3 Å². The van der Waals surface area contributed by atoms with Crippen molar-refractivity contribution in [2.45, 2.75) is 72.2 Å². The van der Waals surface area contributed by atoms with E-state index in [1.807, 2.05) is 71.3 Å². The minimum atomic E-state index is -0.852. The third-order valence-electron chi connectivity index (χ3n) is 6.84. The molecule has 37 heavy (non-hydrogen) atoms. The van der Waals surface area contributed by atoms with Crippen LogP contribution in [0.15, 0.2) is 29.8 Å². The van der Waals surface area contributed by atoms with Crippen LogP contribution in [-0.4, -0.2) is 76.1 Å². The van der Waals surface area contributed by atoms with Crippen LogP contribution in [0.25, 0.3) is 10.4 Å². The predicted molar refractivity (Wildman–Crippen MR) is 145 cm³/mol. The summed E-state index contributed by atoms with van der Waals surface area (Å²) in [6.45, 7) is 11.8. The first-order valence-corrected chi connectivity index (χ1v) is 13.5. The highest BCUT2D eigenvalue weighted by Crippen LogP contribution is 2.29. The van der Waals surface area contributed by atoms with Gasteiger partial charge in [-0.25, -0.2) is 9.78 Å². The molecule has 0 radical (unpaired) electrons. The molecule has 1 fully saturated rings. The largest absolute Gasteiger partial charge is 0.391 e. The molecule has 0 bridgehead atoms. The lowest BCUT2D eigenvalue weighted by Crippen LogP contribution is -2.59. The number of urea groups is 1. The van der Waals surface area contributed by atoms with Gasteiger partial charge in [0, 0.05) is 26.6 Å². The van der Waals surface area contributed by atoms with E-state index in [0.29, 0.717) is 6.54 Å². The van der Waals surface area contributed by atoms with Crippen LogP contribution in [0.3, 0.4) is 0 Å². The number of aromatic nitrogens is 1. The van der Waals surface area contributed by atoms with Crippen molar-refractivity contribution in [2.75, 3.05) is 20.1 Å². The van der Waals surface area contributed by atoms with E-state index in [9.17, 15) is 19.5 Å². The Labute approximate surface area is 223 Å². The van der Waals surface area contributed by atoms with Crippen LogP contribution >= 0.6 is 11.3 Å². The Morgan fingerprint density at radius 3 is 2.41 bits per heavy atom. The molecule has 1 saturated heterocycles. The number of likely N-dealkylation sites (tertiary alicyclic amines) is 1. The van der Waals surface area contributed by atoms with Crippen LogP contribution in [0.2, 0.25) is 0 Å². The Hall–Kier alpha value is -2.98. The second-order valence-electron chi connectivity index (χ2n) is 10.8.